The monoisotopic (exact) mass is 181 g/mol. The van der Waals surface area contributed by atoms with Gasteiger partial charge in [-0.2, -0.15) is 0 Å². The van der Waals surface area contributed by atoms with E-state index in [0.29, 0.717) is 18.8 Å². The van der Waals surface area contributed by atoms with Gasteiger partial charge in [0.2, 0.25) is 0 Å². The molecule has 72 valence electrons. The van der Waals surface area contributed by atoms with Gasteiger partial charge < -0.3 is 10.7 Å². The molecular weight excluding hydrogens is 166 g/mol. The average molecular weight is 181 g/mol. The first-order valence-electron chi connectivity index (χ1n) is 4.43. The first-order valence-corrected chi connectivity index (χ1v) is 4.43. The number of aromatic nitrogens is 2. The highest BCUT2D eigenvalue weighted by Gasteiger charge is 2.05. The number of nitrogens with zero attached hydrogens (tertiary/aromatic N) is 1. The second-order valence-corrected chi connectivity index (χ2v) is 3.31. The molecule has 13 heavy (non-hydrogen) atoms. The molecule has 4 heteroatoms. The Hall–Kier alpha value is -1.16. The normalized spacial score (nSPS) is 10.8. The lowest BCUT2D eigenvalue weighted by molar-refractivity contribution is 0.792. The summed E-state index contributed by atoms with van der Waals surface area (Å²) in [6.45, 7) is 4.44. The molecule has 0 aliphatic carbocycles. The summed E-state index contributed by atoms with van der Waals surface area (Å²) in [5.74, 6) is 0.875. The van der Waals surface area contributed by atoms with Crippen molar-refractivity contribution in [3.63, 3.8) is 0 Å². The zero-order chi connectivity index (χ0) is 9.84. The van der Waals surface area contributed by atoms with Crippen molar-refractivity contribution >= 4 is 0 Å². The van der Waals surface area contributed by atoms with Crippen LogP contribution in [0, 0.1) is 0 Å². The number of nitrogens with one attached hydrogen (secondary N) is 1. The first-order chi connectivity index (χ1) is 6.15. The van der Waals surface area contributed by atoms with Crippen LogP contribution in [-0.2, 0) is 6.42 Å². The quantitative estimate of drug-likeness (QED) is 0.708. The minimum atomic E-state index is -0.0477. The van der Waals surface area contributed by atoms with Crippen molar-refractivity contribution in [2.24, 2.45) is 5.73 Å². The van der Waals surface area contributed by atoms with Crippen molar-refractivity contribution in [2.45, 2.75) is 26.2 Å². The van der Waals surface area contributed by atoms with Gasteiger partial charge >= 0.3 is 0 Å². The van der Waals surface area contributed by atoms with E-state index in [4.69, 9.17) is 5.73 Å². The highest BCUT2D eigenvalue weighted by Crippen LogP contribution is 2.06. The van der Waals surface area contributed by atoms with E-state index in [2.05, 4.69) is 9.97 Å². The largest absolute Gasteiger partial charge is 0.330 e. The fraction of sp³-hybridized carbons (Fsp3) is 0.556. The van der Waals surface area contributed by atoms with E-state index < -0.39 is 0 Å². The molecule has 0 aliphatic rings. The highest BCUT2D eigenvalue weighted by atomic mass is 16.1. The molecule has 0 fully saturated rings. The van der Waals surface area contributed by atoms with Gasteiger partial charge in [-0.05, 0) is 12.5 Å². The van der Waals surface area contributed by atoms with Crippen LogP contribution in [0.4, 0.5) is 0 Å². The van der Waals surface area contributed by atoms with E-state index in [1.807, 2.05) is 13.8 Å². The maximum absolute atomic E-state index is 11.4. The van der Waals surface area contributed by atoms with Crippen molar-refractivity contribution < 1.29 is 0 Å². The zero-order valence-corrected chi connectivity index (χ0v) is 8.00. The van der Waals surface area contributed by atoms with E-state index >= 15 is 0 Å². The van der Waals surface area contributed by atoms with E-state index in [-0.39, 0.29) is 11.5 Å². The molecule has 1 aromatic heterocycles. The third-order valence-corrected chi connectivity index (χ3v) is 1.88. The Bertz CT molecular complexity index is 330. The molecule has 1 rings (SSSR count). The fourth-order valence-electron chi connectivity index (χ4n) is 1.12. The van der Waals surface area contributed by atoms with Gasteiger partial charge in [-0.25, -0.2) is 4.98 Å². The van der Waals surface area contributed by atoms with Crippen molar-refractivity contribution in [1.29, 1.82) is 0 Å². The molecule has 0 saturated carbocycles. The minimum absolute atomic E-state index is 0.0477. The van der Waals surface area contributed by atoms with Gasteiger partial charge in [-0.3, -0.25) is 4.79 Å². The Morgan fingerprint density at radius 3 is 2.77 bits per heavy atom. The molecule has 0 unspecified atom stereocenters. The van der Waals surface area contributed by atoms with E-state index in [0.717, 1.165) is 5.56 Å². The lowest BCUT2D eigenvalue weighted by Gasteiger charge is -2.04. The fourth-order valence-corrected chi connectivity index (χ4v) is 1.12. The van der Waals surface area contributed by atoms with E-state index in [1.165, 1.54) is 0 Å². The summed E-state index contributed by atoms with van der Waals surface area (Å²) in [6.07, 6.45) is 2.25. The molecule has 0 spiro atoms. The Morgan fingerprint density at radius 1 is 1.62 bits per heavy atom. The van der Waals surface area contributed by atoms with Gasteiger partial charge in [-0.15, -0.1) is 0 Å². The predicted molar refractivity (Wildman–Crippen MR) is 51.7 cm³/mol. The van der Waals surface area contributed by atoms with Crippen molar-refractivity contribution in [3.05, 3.63) is 27.9 Å². The van der Waals surface area contributed by atoms with Gasteiger partial charge in [0.15, 0.2) is 0 Å². The molecule has 0 aromatic carbocycles. The molecule has 0 saturated heterocycles. The summed E-state index contributed by atoms with van der Waals surface area (Å²) in [5.41, 5.74) is 6.02. The number of hydrogen-bond donors (Lipinski definition) is 2. The van der Waals surface area contributed by atoms with Crippen LogP contribution in [-0.4, -0.2) is 16.5 Å². The third-order valence-electron chi connectivity index (χ3n) is 1.88. The van der Waals surface area contributed by atoms with Gasteiger partial charge in [-0.1, -0.05) is 13.8 Å². The van der Waals surface area contributed by atoms with Crippen LogP contribution in [0.15, 0.2) is 11.0 Å². The summed E-state index contributed by atoms with van der Waals surface area (Å²) in [7, 11) is 0. The maximum atomic E-state index is 11.4. The SMILES string of the molecule is CC(C)c1cnc(CCN)[nH]c1=O. The molecule has 0 atom stereocenters. The van der Waals surface area contributed by atoms with Crippen LogP contribution in [0.25, 0.3) is 0 Å². The Kier molecular flexibility index (Phi) is 3.19. The Morgan fingerprint density at radius 2 is 2.31 bits per heavy atom. The molecule has 4 nitrogen and oxygen atoms in total. The van der Waals surface area contributed by atoms with Gasteiger partial charge in [0.05, 0.1) is 0 Å². The predicted octanol–water partition coefficient (Wildman–Crippen LogP) is 0.395. The van der Waals surface area contributed by atoms with Gasteiger partial charge in [0.25, 0.3) is 5.56 Å². The number of hydrogen-bond acceptors (Lipinski definition) is 3. The third kappa shape index (κ3) is 2.39. The van der Waals surface area contributed by atoms with Crippen LogP contribution < -0.4 is 11.3 Å². The number of rotatable bonds is 3. The lowest BCUT2D eigenvalue weighted by Crippen LogP contribution is -2.18. The van der Waals surface area contributed by atoms with Crippen molar-refractivity contribution in [2.75, 3.05) is 6.54 Å². The van der Waals surface area contributed by atoms with Crippen LogP contribution in [0.2, 0.25) is 0 Å². The molecule has 3 N–H and O–H groups in total. The molecule has 1 heterocycles. The number of aromatic amines is 1. The summed E-state index contributed by atoms with van der Waals surface area (Å²) in [4.78, 5) is 18.2. The molecule has 0 amide bonds. The molecule has 0 aliphatic heterocycles. The van der Waals surface area contributed by atoms with E-state index in [1.54, 1.807) is 6.20 Å². The summed E-state index contributed by atoms with van der Waals surface area (Å²) in [6, 6.07) is 0. The zero-order valence-electron chi connectivity index (χ0n) is 8.00. The minimum Gasteiger partial charge on any atom is -0.330 e. The highest BCUT2D eigenvalue weighted by molar-refractivity contribution is 5.10. The van der Waals surface area contributed by atoms with Gasteiger partial charge in [0.1, 0.15) is 5.82 Å². The van der Waals surface area contributed by atoms with Crippen LogP contribution in [0.3, 0.4) is 0 Å². The van der Waals surface area contributed by atoms with Crippen LogP contribution in [0.5, 0.6) is 0 Å². The summed E-state index contributed by atoms with van der Waals surface area (Å²) in [5, 5.41) is 0. The molecule has 1 aromatic rings. The maximum Gasteiger partial charge on any atom is 0.254 e. The first kappa shape index (κ1) is 9.92. The van der Waals surface area contributed by atoms with E-state index in [9.17, 15) is 4.79 Å². The summed E-state index contributed by atoms with van der Waals surface area (Å²) >= 11 is 0. The van der Waals surface area contributed by atoms with Crippen molar-refractivity contribution in [3.8, 4) is 0 Å². The summed E-state index contributed by atoms with van der Waals surface area (Å²) < 4.78 is 0. The Labute approximate surface area is 77.2 Å². The average Bonchev–Trinajstić information content (AvgIpc) is 2.04. The number of H-pyrrole nitrogens is 1. The second-order valence-electron chi connectivity index (χ2n) is 3.31. The van der Waals surface area contributed by atoms with Gasteiger partial charge in [0, 0.05) is 18.2 Å². The molecule has 0 bridgehead atoms. The molecular formula is C9H15N3O. The number of nitrogens with two attached hydrogens (primary N) is 1. The standard InChI is InChI=1S/C9H15N3O/c1-6(2)7-5-11-8(3-4-10)12-9(7)13/h5-6H,3-4,10H2,1-2H3,(H,11,12,13). The van der Waals surface area contributed by atoms with Crippen LogP contribution >= 0.6 is 0 Å². The van der Waals surface area contributed by atoms with Crippen molar-refractivity contribution in [1.82, 2.24) is 9.97 Å². The molecule has 0 radical (unpaired) electrons. The second kappa shape index (κ2) is 4.18. The smallest absolute Gasteiger partial charge is 0.254 e. The lowest BCUT2D eigenvalue weighted by atomic mass is 10.1. The Balaban J connectivity index is 2.99. The van der Waals surface area contributed by atoms with Crippen LogP contribution in [0.1, 0.15) is 31.2 Å². The topological polar surface area (TPSA) is 71.8 Å².